The molecular weight excluding hydrogens is 600 g/mol. The lowest BCUT2D eigenvalue weighted by Crippen LogP contribution is -2.18. The summed E-state index contributed by atoms with van der Waals surface area (Å²) in [5.74, 6) is 1.73. The molecule has 0 fully saturated rings. The number of hydrogen-bond donors (Lipinski definition) is 2. The van der Waals surface area contributed by atoms with Crippen LogP contribution in [0.1, 0.15) is 17.1 Å². The minimum Gasteiger partial charge on any atom is -0.454 e. The Kier molecular flexibility index (Phi) is 6.15. The first-order valence-corrected chi connectivity index (χ1v) is 12.5. The van der Waals surface area contributed by atoms with Gasteiger partial charge in [-0.05, 0) is 40.3 Å². The number of nitrogens with two attached hydrogens (primary N) is 2. The van der Waals surface area contributed by atoms with E-state index in [0.717, 1.165) is 9.13 Å². The molecule has 0 spiro atoms. The second kappa shape index (κ2) is 9.13. The molecule has 1 aliphatic rings. The summed E-state index contributed by atoms with van der Waals surface area (Å²) in [6.45, 7) is 0.175. The summed E-state index contributed by atoms with van der Waals surface area (Å²) < 4.78 is 55.3. The van der Waals surface area contributed by atoms with Gasteiger partial charge in [-0.1, -0.05) is 5.21 Å². The van der Waals surface area contributed by atoms with Crippen LogP contribution in [0.4, 0.5) is 10.2 Å². The van der Waals surface area contributed by atoms with Crippen molar-refractivity contribution in [2.75, 3.05) is 19.1 Å². The SMILES string of the molecule is Nc1nc(F)nc2c1nc(Cc1cc3c(cc1I)OCO3)n2Cc1cn(CCOS(N)(=O)=O)nn1. The van der Waals surface area contributed by atoms with E-state index < -0.39 is 16.4 Å². The maximum absolute atomic E-state index is 14.0. The number of ether oxygens (including phenoxy) is 2. The van der Waals surface area contributed by atoms with Crippen molar-refractivity contribution in [3.63, 3.8) is 0 Å². The highest BCUT2D eigenvalue weighted by atomic mass is 127. The van der Waals surface area contributed by atoms with E-state index in [0.29, 0.717) is 29.4 Å². The van der Waals surface area contributed by atoms with Crippen LogP contribution < -0.4 is 20.3 Å². The van der Waals surface area contributed by atoms with Gasteiger partial charge in [0, 0.05) is 9.99 Å². The minimum absolute atomic E-state index is 0.0864. The molecule has 3 aromatic heterocycles. The Morgan fingerprint density at radius 3 is 2.74 bits per heavy atom. The van der Waals surface area contributed by atoms with Gasteiger partial charge in [0.25, 0.3) is 0 Å². The maximum atomic E-state index is 14.0. The molecule has 0 saturated carbocycles. The van der Waals surface area contributed by atoms with Crippen LogP contribution in [0.5, 0.6) is 11.5 Å². The van der Waals surface area contributed by atoms with Gasteiger partial charge in [0.2, 0.25) is 6.79 Å². The van der Waals surface area contributed by atoms with Gasteiger partial charge in [-0.3, -0.25) is 4.18 Å². The summed E-state index contributed by atoms with van der Waals surface area (Å²) in [7, 11) is -4.06. The first-order chi connectivity index (χ1) is 16.7. The average molecular weight is 617 g/mol. The van der Waals surface area contributed by atoms with Crippen LogP contribution in [0.25, 0.3) is 11.2 Å². The minimum atomic E-state index is -4.06. The highest BCUT2D eigenvalue weighted by molar-refractivity contribution is 14.1. The van der Waals surface area contributed by atoms with Gasteiger partial charge in [0.05, 0.1) is 25.9 Å². The molecule has 0 unspecified atom stereocenters. The lowest BCUT2D eigenvalue weighted by atomic mass is 10.1. The molecule has 17 heteroatoms. The van der Waals surface area contributed by atoms with E-state index in [1.807, 2.05) is 12.1 Å². The summed E-state index contributed by atoms with van der Waals surface area (Å²) in [6.07, 6.45) is 0.958. The number of fused-ring (bicyclic) bond motifs is 2. The van der Waals surface area contributed by atoms with Crippen LogP contribution in [-0.4, -0.2) is 56.3 Å². The van der Waals surface area contributed by atoms with Gasteiger partial charge >= 0.3 is 16.4 Å². The van der Waals surface area contributed by atoms with Gasteiger partial charge in [-0.15, -0.1) is 5.10 Å². The zero-order valence-electron chi connectivity index (χ0n) is 17.8. The van der Waals surface area contributed by atoms with Gasteiger partial charge in [-0.2, -0.15) is 22.8 Å². The molecular formula is C18H17FIN9O5S. The van der Waals surface area contributed by atoms with Gasteiger partial charge in [0.15, 0.2) is 28.5 Å². The van der Waals surface area contributed by atoms with Crippen molar-refractivity contribution < 1.29 is 26.5 Å². The summed E-state index contributed by atoms with van der Waals surface area (Å²) in [5.41, 5.74) is 7.76. The number of anilines is 1. The number of nitrogen functional groups attached to an aromatic ring is 1. The number of aromatic nitrogens is 7. The zero-order valence-corrected chi connectivity index (χ0v) is 20.7. The van der Waals surface area contributed by atoms with Crippen LogP contribution in [0.3, 0.4) is 0 Å². The summed E-state index contributed by atoms with van der Waals surface area (Å²) in [4.78, 5) is 12.1. The highest BCUT2D eigenvalue weighted by Crippen LogP contribution is 2.36. The predicted molar refractivity (Wildman–Crippen MR) is 126 cm³/mol. The summed E-state index contributed by atoms with van der Waals surface area (Å²) >= 11 is 2.19. The molecule has 14 nitrogen and oxygen atoms in total. The normalized spacial score (nSPS) is 13.1. The van der Waals surface area contributed by atoms with E-state index in [2.05, 4.69) is 52.0 Å². The third kappa shape index (κ3) is 5.11. The fourth-order valence-electron chi connectivity index (χ4n) is 3.53. The maximum Gasteiger partial charge on any atom is 0.333 e. The first-order valence-electron chi connectivity index (χ1n) is 9.98. The van der Waals surface area contributed by atoms with Crippen molar-refractivity contribution in [2.45, 2.75) is 19.5 Å². The number of nitrogens with zero attached hydrogens (tertiary/aromatic N) is 7. The quantitative estimate of drug-likeness (QED) is 0.205. The Balaban J connectivity index is 1.47. The van der Waals surface area contributed by atoms with Crippen molar-refractivity contribution in [1.29, 1.82) is 0 Å². The molecule has 1 aromatic carbocycles. The third-order valence-corrected chi connectivity index (χ3v) is 6.54. The number of benzene rings is 1. The van der Waals surface area contributed by atoms with Crippen molar-refractivity contribution in [3.8, 4) is 11.5 Å². The molecule has 184 valence electrons. The predicted octanol–water partition coefficient (Wildman–Crippen LogP) is 0.332. The molecule has 0 saturated heterocycles. The van der Waals surface area contributed by atoms with Crippen LogP contribution >= 0.6 is 22.6 Å². The van der Waals surface area contributed by atoms with Gasteiger partial charge < -0.3 is 19.8 Å². The van der Waals surface area contributed by atoms with Crippen molar-refractivity contribution >= 4 is 49.9 Å². The molecule has 4 heterocycles. The van der Waals surface area contributed by atoms with E-state index in [-0.39, 0.29) is 43.5 Å². The Morgan fingerprint density at radius 2 is 1.97 bits per heavy atom. The number of rotatable bonds is 8. The van der Waals surface area contributed by atoms with Crippen molar-refractivity contribution in [3.05, 3.63) is 45.1 Å². The third-order valence-electron chi connectivity index (χ3n) is 5.04. The van der Waals surface area contributed by atoms with Crippen LogP contribution in [0.15, 0.2) is 18.3 Å². The number of imidazole rings is 1. The lowest BCUT2D eigenvalue weighted by molar-refractivity contribution is 0.174. The van der Waals surface area contributed by atoms with Gasteiger partial charge in [0.1, 0.15) is 11.5 Å². The molecule has 0 aliphatic carbocycles. The molecule has 5 rings (SSSR count). The largest absolute Gasteiger partial charge is 0.454 e. The molecule has 0 bridgehead atoms. The topological polar surface area (TPSA) is 188 Å². The Labute approximate surface area is 210 Å². The molecule has 1 aliphatic heterocycles. The standard InChI is InChI=1S/C18H17FIN9O5S/c19-18-24-16(21)15-17(25-18)29(7-10-6-28(27-26-10)1-2-34-35(22,30)31)14(23-15)4-9-3-12-13(5-11(9)20)33-8-32-12/h3,5-6H,1-2,4,7-8H2,(H2,21,24,25)(H2,22,30,31). The van der Waals surface area contributed by atoms with Crippen molar-refractivity contribution in [1.82, 2.24) is 34.5 Å². The summed E-state index contributed by atoms with van der Waals surface area (Å²) in [6, 6.07) is 3.74. The first kappa shape index (κ1) is 23.6. The lowest BCUT2D eigenvalue weighted by Gasteiger charge is -2.09. The smallest absolute Gasteiger partial charge is 0.333 e. The van der Waals surface area contributed by atoms with E-state index in [4.69, 9.17) is 20.3 Å². The molecule has 0 atom stereocenters. The summed E-state index contributed by atoms with van der Waals surface area (Å²) in [5, 5.41) is 12.9. The average Bonchev–Trinajstić information content (AvgIpc) is 3.48. The van der Waals surface area contributed by atoms with E-state index in [1.165, 1.54) is 4.68 Å². The Morgan fingerprint density at radius 1 is 1.20 bits per heavy atom. The zero-order chi connectivity index (χ0) is 24.7. The van der Waals surface area contributed by atoms with Crippen molar-refractivity contribution in [2.24, 2.45) is 5.14 Å². The molecule has 4 N–H and O–H groups in total. The fourth-order valence-corrected chi connectivity index (χ4v) is 4.47. The van der Waals surface area contributed by atoms with E-state index in [1.54, 1.807) is 10.8 Å². The molecule has 4 aromatic rings. The second-order valence-corrected chi connectivity index (χ2v) is 9.81. The Hall–Kier alpha value is -3.16. The fraction of sp³-hybridized carbons (Fsp3) is 0.278. The monoisotopic (exact) mass is 617 g/mol. The Bertz CT molecular complexity index is 1540. The van der Waals surface area contributed by atoms with Crippen LogP contribution in [0, 0.1) is 9.65 Å². The van der Waals surface area contributed by atoms with Gasteiger partial charge in [-0.25, -0.2) is 14.8 Å². The highest BCUT2D eigenvalue weighted by Gasteiger charge is 2.21. The molecule has 0 radical (unpaired) electrons. The molecule has 35 heavy (non-hydrogen) atoms. The number of hydrogen-bond acceptors (Lipinski definition) is 11. The number of halogens is 2. The second-order valence-electron chi connectivity index (χ2n) is 7.43. The van der Waals surface area contributed by atoms with E-state index >= 15 is 0 Å². The van der Waals surface area contributed by atoms with E-state index in [9.17, 15) is 12.8 Å². The van der Waals surface area contributed by atoms with Crippen LogP contribution in [0.2, 0.25) is 0 Å². The van der Waals surface area contributed by atoms with Crippen LogP contribution in [-0.2, 0) is 34.0 Å². The molecule has 0 amide bonds.